The van der Waals surface area contributed by atoms with Crippen LogP contribution in [-0.2, 0) is 32.6 Å². The molecule has 0 aliphatic carbocycles. The Morgan fingerprint density at radius 3 is 1.95 bits per heavy atom. The molecular weight excluding hydrogens is 594 g/mol. The molecule has 4 rings (SSSR count). The van der Waals surface area contributed by atoms with E-state index >= 15 is 0 Å². The van der Waals surface area contributed by atoms with Crippen LogP contribution in [-0.4, -0.2) is 43.3 Å². The summed E-state index contributed by atoms with van der Waals surface area (Å²) >= 11 is 6.15. The van der Waals surface area contributed by atoms with Gasteiger partial charge in [-0.25, -0.2) is 8.42 Å². The van der Waals surface area contributed by atoms with Crippen molar-refractivity contribution in [3.05, 3.63) is 131 Å². The van der Waals surface area contributed by atoms with Crippen molar-refractivity contribution in [2.75, 3.05) is 10.8 Å². The molecule has 0 aliphatic rings. The first kappa shape index (κ1) is 32.8. The first-order valence-corrected chi connectivity index (χ1v) is 16.2. The van der Waals surface area contributed by atoms with Gasteiger partial charge in [0.15, 0.2) is 0 Å². The van der Waals surface area contributed by atoms with Crippen LogP contribution in [0.2, 0.25) is 5.02 Å². The molecule has 1 N–H and O–H groups in total. The molecule has 0 aromatic heterocycles. The Labute approximate surface area is 265 Å². The second-order valence-corrected chi connectivity index (χ2v) is 14.0. The number of nitrogens with one attached hydrogen (secondary N) is 1. The SMILES string of the molecule is Cc1ccccc1N(CC(=O)N(Cc1ccc(Cl)cc1)[C@@H](Cc1ccccc1)C(=O)NC(C)(C)C)S(=O)(=O)c1ccccc1. The van der Waals surface area contributed by atoms with Crippen LogP contribution in [0.4, 0.5) is 5.69 Å². The van der Waals surface area contributed by atoms with Crippen LogP contribution in [0.1, 0.15) is 37.5 Å². The van der Waals surface area contributed by atoms with Gasteiger partial charge in [-0.2, -0.15) is 0 Å². The highest BCUT2D eigenvalue weighted by molar-refractivity contribution is 7.92. The summed E-state index contributed by atoms with van der Waals surface area (Å²) in [6.07, 6.45) is 0.234. The van der Waals surface area contributed by atoms with Crippen LogP contribution in [0, 0.1) is 6.92 Å². The quantitative estimate of drug-likeness (QED) is 0.208. The molecule has 2 amide bonds. The lowest BCUT2D eigenvalue weighted by Gasteiger charge is -2.35. The number of aryl methyl sites for hydroxylation is 1. The van der Waals surface area contributed by atoms with Gasteiger partial charge < -0.3 is 10.2 Å². The van der Waals surface area contributed by atoms with E-state index in [-0.39, 0.29) is 23.8 Å². The average molecular weight is 632 g/mol. The Balaban J connectivity index is 1.82. The van der Waals surface area contributed by atoms with Crippen molar-refractivity contribution in [3.63, 3.8) is 0 Å². The number of halogens is 1. The second kappa shape index (κ2) is 14.1. The highest BCUT2D eigenvalue weighted by Crippen LogP contribution is 2.28. The third-order valence-electron chi connectivity index (χ3n) is 7.03. The summed E-state index contributed by atoms with van der Waals surface area (Å²) in [5.74, 6) is -0.857. The molecule has 0 aliphatic heterocycles. The van der Waals surface area contributed by atoms with Gasteiger partial charge in [-0.1, -0.05) is 90.5 Å². The van der Waals surface area contributed by atoms with Crippen LogP contribution >= 0.6 is 11.6 Å². The van der Waals surface area contributed by atoms with E-state index in [0.717, 1.165) is 15.4 Å². The molecular formula is C35H38ClN3O4S. The third-order valence-corrected chi connectivity index (χ3v) is 9.06. The van der Waals surface area contributed by atoms with E-state index in [1.54, 1.807) is 67.6 Å². The average Bonchev–Trinajstić information content (AvgIpc) is 2.99. The van der Waals surface area contributed by atoms with Crippen LogP contribution in [0.5, 0.6) is 0 Å². The van der Waals surface area contributed by atoms with Crippen molar-refractivity contribution < 1.29 is 18.0 Å². The van der Waals surface area contributed by atoms with E-state index in [0.29, 0.717) is 16.3 Å². The summed E-state index contributed by atoms with van der Waals surface area (Å²) in [6.45, 7) is 6.99. The zero-order chi connectivity index (χ0) is 31.9. The molecule has 0 saturated heterocycles. The van der Waals surface area contributed by atoms with Gasteiger partial charge in [0.1, 0.15) is 12.6 Å². The lowest BCUT2D eigenvalue weighted by Crippen LogP contribution is -2.56. The fourth-order valence-corrected chi connectivity index (χ4v) is 6.50. The number of carbonyl (C=O) groups excluding carboxylic acids is 2. The maximum absolute atomic E-state index is 14.5. The van der Waals surface area contributed by atoms with E-state index in [1.807, 2.05) is 57.2 Å². The van der Waals surface area contributed by atoms with Gasteiger partial charge in [-0.15, -0.1) is 0 Å². The minimum atomic E-state index is -4.15. The van der Waals surface area contributed by atoms with Crippen molar-refractivity contribution in [3.8, 4) is 0 Å². The number of para-hydroxylation sites is 1. The minimum Gasteiger partial charge on any atom is -0.350 e. The molecule has 0 spiro atoms. The fourth-order valence-electron chi connectivity index (χ4n) is 4.87. The number of anilines is 1. The Morgan fingerprint density at radius 1 is 0.795 bits per heavy atom. The smallest absolute Gasteiger partial charge is 0.264 e. The zero-order valence-corrected chi connectivity index (χ0v) is 27.0. The Bertz CT molecular complexity index is 1670. The molecule has 230 valence electrons. The lowest BCUT2D eigenvalue weighted by molar-refractivity contribution is -0.140. The highest BCUT2D eigenvalue weighted by Gasteiger charge is 2.35. The molecule has 0 heterocycles. The topological polar surface area (TPSA) is 86.8 Å². The molecule has 1 atom stereocenters. The van der Waals surface area contributed by atoms with Gasteiger partial charge in [-0.3, -0.25) is 13.9 Å². The maximum atomic E-state index is 14.5. The summed E-state index contributed by atoms with van der Waals surface area (Å²) in [5, 5.41) is 3.57. The van der Waals surface area contributed by atoms with E-state index in [1.165, 1.54) is 17.0 Å². The molecule has 4 aromatic rings. The van der Waals surface area contributed by atoms with Gasteiger partial charge in [0.2, 0.25) is 11.8 Å². The van der Waals surface area contributed by atoms with Crippen molar-refractivity contribution in [1.82, 2.24) is 10.2 Å². The van der Waals surface area contributed by atoms with Crippen LogP contribution in [0.15, 0.2) is 114 Å². The van der Waals surface area contributed by atoms with E-state index in [9.17, 15) is 18.0 Å². The maximum Gasteiger partial charge on any atom is 0.264 e. The number of hydrogen-bond donors (Lipinski definition) is 1. The van der Waals surface area contributed by atoms with Gasteiger partial charge in [0.05, 0.1) is 10.6 Å². The lowest BCUT2D eigenvalue weighted by atomic mass is 10.0. The largest absolute Gasteiger partial charge is 0.350 e. The van der Waals surface area contributed by atoms with Gasteiger partial charge in [0, 0.05) is 23.5 Å². The second-order valence-electron chi connectivity index (χ2n) is 11.7. The summed E-state index contributed by atoms with van der Waals surface area (Å²) in [7, 11) is -4.15. The molecule has 7 nitrogen and oxygen atoms in total. The molecule has 0 bridgehead atoms. The van der Waals surface area contributed by atoms with Crippen LogP contribution in [0.3, 0.4) is 0 Å². The zero-order valence-electron chi connectivity index (χ0n) is 25.4. The number of amides is 2. The first-order valence-electron chi connectivity index (χ1n) is 14.4. The Morgan fingerprint density at radius 2 is 1.36 bits per heavy atom. The predicted octanol–water partition coefficient (Wildman–Crippen LogP) is 6.40. The summed E-state index contributed by atoms with van der Waals surface area (Å²) < 4.78 is 29.3. The first-order chi connectivity index (χ1) is 20.8. The molecule has 0 unspecified atom stereocenters. The monoisotopic (exact) mass is 631 g/mol. The van der Waals surface area contributed by atoms with Crippen molar-refractivity contribution >= 4 is 39.1 Å². The molecule has 0 saturated carbocycles. The number of hydrogen-bond acceptors (Lipinski definition) is 4. The Kier molecular flexibility index (Phi) is 10.5. The number of sulfonamides is 1. The standard InChI is InChI=1S/C35H38ClN3O4S/c1-26-13-11-12-18-31(26)39(44(42,43)30-16-9-6-10-17-30)25-33(40)38(24-28-19-21-29(36)22-20-28)32(34(41)37-35(2,3)4)23-27-14-7-5-8-15-27/h5-22,32H,23-25H2,1-4H3,(H,37,41)/t32-/m0/s1. The van der Waals surface area contributed by atoms with Gasteiger partial charge >= 0.3 is 0 Å². The van der Waals surface area contributed by atoms with Crippen LogP contribution < -0.4 is 9.62 Å². The molecule has 9 heteroatoms. The van der Waals surface area contributed by atoms with Crippen LogP contribution in [0.25, 0.3) is 0 Å². The molecule has 0 fully saturated rings. The molecule has 0 radical (unpaired) electrons. The fraction of sp³-hybridized carbons (Fsp3) is 0.257. The summed E-state index contributed by atoms with van der Waals surface area (Å²) in [6, 6.07) is 30.6. The van der Waals surface area contributed by atoms with Gasteiger partial charge in [0.25, 0.3) is 10.0 Å². The summed E-state index contributed by atoms with van der Waals surface area (Å²) in [5.41, 5.74) is 2.12. The van der Waals surface area contributed by atoms with E-state index < -0.39 is 34.1 Å². The number of benzene rings is 4. The molecule has 4 aromatic carbocycles. The third kappa shape index (κ3) is 8.49. The summed E-state index contributed by atoms with van der Waals surface area (Å²) in [4.78, 5) is 30.0. The van der Waals surface area contributed by atoms with Crippen molar-refractivity contribution in [1.29, 1.82) is 0 Å². The highest BCUT2D eigenvalue weighted by atomic mass is 35.5. The predicted molar refractivity (Wildman–Crippen MR) is 176 cm³/mol. The number of carbonyl (C=O) groups is 2. The Hall–Kier alpha value is -4.14. The molecule has 44 heavy (non-hydrogen) atoms. The van der Waals surface area contributed by atoms with E-state index in [2.05, 4.69) is 5.32 Å². The normalized spacial score (nSPS) is 12.3. The minimum absolute atomic E-state index is 0.0617. The van der Waals surface area contributed by atoms with Crippen molar-refractivity contribution in [2.45, 2.75) is 57.1 Å². The number of nitrogens with zero attached hydrogens (tertiary/aromatic N) is 2. The van der Waals surface area contributed by atoms with E-state index in [4.69, 9.17) is 11.6 Å². The van der Waals surface area contributed by atoms with Gasteiger partial charge in [-0.05, 0) is 74.7 Å². The van der Waals surface area contributed by atoms with Crippen molar-refractivity contribution in [2.24, 2.45) is 0 Å². The number of rotatable bonds is 11.